The van der Waals surface area contributed by atoms with Crippen molar-refractivity contribution < 1.29 is 0 Å². The van der Waals surface area contributed by atoms with Gasteiger partial charge in [0.25, 0.3) is 0 Å². The van der Waals surface area contributed by atoms with Crippen molar-refractivity contribution >= 4 is 189 Å². The molecule has 0 aliphatic carbocycles. The molecule has 678 valence electrons. The summed E-state index contributed by atoms with van der Waals surface area (Å²) < 4.78 is 0. The minimum Gasteiger partial charge on any atom is -0.363 e. The molecule has 9 aliphatic rings. The van der Waals surface area contributed by atoms with Crippen molar-refractivity contribution in [2.45, 2.75) is 210 Å². The lowest BCUT2D eigenvalue weighted by atomic mass is 10.0. The number of aryl methyl sites for hydroxylation is 10. The first-order chi connectivity index (χ1) is 62.2. The number of aromatic nitrogens is 9. The molecule has 0 fully saturated rings. The zero-order valence-corrected chi connectivity index (χ0v) is 84.4. The number of anilines is 1. The number of rotatable bonds is 11. The quantitative estimate of drug-likeness (QED) is 0.111. The maximum atomic E-state index is 6.08. The zero-order chi connectivity index (χ0) is 95.2. The van der Waals surface area contributed by atoms with E-state index in [9.17, 15) is 0 Å². The molecule has 0 N–H and O–H groups in total. The molecule has 26 heteroatoms. The van der Waals surface area contributed by atoms with E-state index in [0.717, 1.165) is 251 Å². The largest absolute Gasteiger partial charge is 0.363 e. The minimum absolute atomic E-state index is 0.582. The molecule has 0 amide bonds. The molecular formula is C105H114Cl7N19. The van der Waals surface area contributed by atoms with Gasteiger partial charge in [-0.25, -0.2) is 39.9 Å². The Morgan fingerprint density at radius 2 is 0.557 bits per heavy atom. The van der Waals surface area contributed by atoms with Gasteiger partial charge in [-0.15, -0.1) is 0 Å². The van der Waals surface area contributed by atoms with Crippen LogP contribution in [-0.2, 0) is 6.42 Å². The van der Waals surface area contributed by atoms with E-state index in [1.165, 1.54) is 39.3 Å². The van der Waals surface area contributed by atoms with Crippen LogP contribution in [0.2, 0.25) is 0 Å². The molecule has 0 spiro atoms. The van der Waals surface area contributed by atoms with Gasteiger partial charge in [0.1, 0.15) is 41.9 Å². The highest BCUT2D eigenvalue weighted by Gasteiger charge is 2.24. The number of hydrogen-bond donors (Lipinski definition) is 0. The number of pyridine rings is 9. The van der Waals surface area contributed by atoms with Crippen LogP contribution in [0.4, 0.5) is 5.82 Å². The second-order valence-electron chi connectivity index (χ2n) is 33.7. The van der Waals surface area contributed by atoms with Crippen LogP contribution in [0.3, 0.4) is 0 Å². The summed E-state index contributed by atoms with van der Waals surface area (Å²) in [5, 5.41) is 4.23. The van der Waals surface area contributed by atoms with Crippen molar-refractivity contribution in [3.05, 3.63) is 307 Å². The average molecular weight is 1890 g/mol. The molecule has 0 saturated heterocycles. The second kappa shape index (κ2) is 47.8. The molecule has 0 atom stereocenters. The summed E-state index contributed by atoms with van der Waals surface area (Å²) in [6.07, 6.45) is 23.7. The Morgan fingerprint density at radius 1 is 0.252 bits per heavy atom. The molecule has 0 bridgehead atoms. The number of hydrogen-bond acceptors (Lipinski definition) is 19. The molecule has 19 nitrogen and oxygen atoms in total. The van der Waals surface area contributed by atoms with Gasteiger partial charge >= 0.3 is 0 Å². The van der Waals surface area contributed by atoms with Crippen LogP contribution >= 0.6 is 81.2 Å². The summed E-state index contributed by atoms with van der Waals surface area (Å²) in [5.41, 5.74) is 42.7. The van der Waals surface area contributed by atoms with Crippen LogP contribution in [0, 0.1) is 62.3 Å². The number of nitrogens with zero attached hydrogens (tertiary/aromatic N) is 19. The van der Waals surface area contributed by atoms with Crippen LogP contribution in [0.15, 0.2) is 245 Å². The van der Waals surface area contributed by atoms with E-state index in [2.05, 4.69) is 174 Å². The first kappa shape index (κ1) is 102. The zero-order valence-electron chi connectivity index (χ0n) is 79.1. The lowest BCUT2D eigenvalue weighted by Crippen LogP contribution is -2.10. The maximum absolute atomic E-state index is 6.08. The van der Waals surface area contributed by atoms with Crippen LogP contribution in [0.25, 0.3) is 50.2 Å². The molecule has 9 aromatic heterocycles. The van der Waals surface area contributed by atoms with Gasteiger partial charge in [0.15, 0.2) is 0 Å². The van der Waals surface area contributed by atoms with Gasteiger partial charge in [-0.05, 0) is 267 Å². The normalized spacial score (nSPS) is 15.9. The Labute approximate surface area is 807 Å². The van der Waals surface area contributed by atoms with E-state index >= 15 is 0 Å². The highest BCUT2D eigenvalue weighted by molar-refractivity contribution is 6.38. The van der Waals surface area contributed by atoms with E-state index in [0.29, 0.717) is 36.1 Å². The van der Waals surface area contributed by atoms with E-state index in [1.807, 2.05) is 233 Å². The Hall–Kier alpha value is -11.1. The Morgan fingerprint density at radius 3 is 0.847 bits per heavy atom. The summed E-state index contributed by atoms with van der Waals surface area (Å²) in [5.74, 6) is 0.941. The van der Waals surface area contributed by atoms with Crippen LogP contribution in [0.1, 0.15) is 248 Å². The van der Waals surface area contributed by atoms with Crippen molar-refractivity contribution in [2.75, 3.05) is 19.0 Å². The number of halogens is 7. The Balaban J connectivity index is 0.000000153. The summed E-state index contributed by atoms with van der Waals surface area (Å²) in [4.78, 5) is 79.3. The number of aliphatic imine (C=N–C) groups is 9. The lowest BCUT2D eigenvalue weighted by molar-refractivity contribution is 1.03. The van der Waals surface area contributed by atoms with Gasteiger partial charge in [-0.1, -0.05) is 125 Å². The Bertz CT molecular complexity index is 5840. The first-order valence-corrected chi connectivity index (χ1v) is 46.0. The molecule has 0 saturated carbocycles. The second-order valence-corrected chi connectivity index (χ2v) is 36.2. The number of allylic oxidation sites excluding steroid dienone is 11. The van der Waals surface area contributed by atoms with Gasteiger partial charge in [0.2, 0.25) is 0 Å². The van der Waals surface area contributed by atoms with Crippen LogP contribution < -0.4 is 4.90 Å². The van der Waals surface area contributed by atoms with Crippen molar-refractivity contribution in [1.82, 2.24) is 44.9 Å². The molecule has 131 heavy (non-hydrogen) atoms. The van der Waals surface area contributed by atoms with Gasteiger partial charge in [-0.2, -0.15) is 0 Å². The highest BCUT2D eigenvalue weighted by Crippen LogP contribution is 2.39. The predicted octanol–water partition coefficient (Wildman–Crippen LogP) is 28.7. The third kappa shape index (κ3) is 29.7. The highest BCUT2D eigenvalue weighted by atomic mass is 35.5. The standard InChI is InChI=1S/C12H14ClN3.3C12H13ClN2.2C12H14N2.3C11H11ClN2/c1-8-6-10(12(13)15-8)9-4-5-11(14-7-9)16(2)3;1-7-4-10(5-8(2)14-7)11-6-9(3)15-12(11)13;1-7-4-8(2)14-6-11(7)10-5-9(3)15-12(10)13;1-3-10-5-4-9(7-14-10)11-6-8(2)15-12(11)13;1-8-4-5-11(7-13-8)12-6-9(2)14-10(12)3;1-8-4-5-12(13-7-8)11-6-9(2)14-10(11)3;2*1-7-3-4-9(6-13-7)10-5-8(2)14-11(10)12;1-7-3-4-10(13-6-7)9-5-8(2)14-11(9)12/h4-5,7H,6H2,1-3H3;4-5H,6H2,1-3H3;4,6H,5H2,1-3H3;4-5,7H,3,6H2,1-2H3;2*4-5,7H,6H2,1-3H3;3*3-4,6H,5H2,1-2H3. The van der Waals surface area contributed by atoms with Crippen molar-refractivity contribution in [1.29, 1.82) is 0 Å². The fourth-order valence-corrected chi connectivity index (χ4v) is 17.0. The van der Waals surface area contributed by atoms with Crippen LogP contribution in [0.5, 0.6) is 0 Å². The fourth-order valence-electron chi connectivity index (χ4n) is 14.8. The minimum atomic E-state index is 0.582. The van der Waals surface area contributed by atoms with Gasteiger partial charge < -0.3 is 4.90 Å². The monoisotopic (exact) mass is 1890 g/mol. The molecule has 18 rings (SSSR count). The summed E-state index contributed by atoms with van der Waals surface area (Å²) in [6, 6.07) is 34.7. The maximum Gasteiger partial charge on any atom is 0.134 e. The van der Waals surface area contributed by atoms with E-state index < -0.39 is 0 Å². The molecule has 0 aromatic carbocycles. The summed E-state index contributed by atoms with van der Waals surface area (Å²) >= 11 is 42.3. The summed E-state index contributed by atoms with van der Waals surface area (Å²) in [6.45, 7) is 42.3. The van der Waals surface area contributed by atoms with Crippen LogP contribution in [-0.4, -0.2) is 110 Å². The topological polar surface area (TPSA) is 230 Å². The van der Waals surface area contributed by atoms with E-state index in [4.69, 9.17) is 81.2 Å². The van der Waals surface area contributed by atoms with Gasteiger partial charge in [-0.3, -0.25) is 49.9 Å². The summed E-state index contributed by atoms with van der Waals surface area (Å²) in [7, 11) is 3.94. The smallest absolute Gasteiger partial charge is 0.134 e. The van der Waals surface area contributed by atoms with Crippen molar-refractivity contribution in [2.24, 2.45) is 44.9 Å². The third-order valence-electron chi connectivity index (χ3n) is 21.6. The van der Waals surface area contributed by atoms with E-state index in [-0.39, 0.29) is 0 Å². The fraction of sp³-hybridized carbons (Fsp3) is 0.314. The molecule has 0 unspecified atom stereocenters. The molecule has 0 radical (unpaired) electrons. The first-order valence-electron chi connectivity index (χ1n) is 43.4. The molecule has 9 aliphatic heterocycles. The van der Waals surface area contributed by atoms with Gasteiger partial charge in [0.05, 0.1) is 11.4 Å². The van der Waals surface area contributed by atoms with E-state index in [1.54, 1.807) is 0 Å². The van der Waals surface area contributed by atoms with Crippen molar-refractivity contribution in [3.8, 4) is 0 Å². The third-order valence-corrected chi connectivity index (χ3v) is 23.8. The lowest BCUT2D eigenvalue weighted by Gasteiger charge is -2.11. The van der Waals surface area contributed by atoms with Crippen molar-refractivity contribution in [3.63, 3.8) is 0 Å². The SMILES string of the molecule is CC1=NC(C)=C(c2ccc(C)cn2)C1.CC1=NC(C)=C(c2ccc(C)nc2)C1.CC1=NC(Cl)=C(c2cc(C)nc(C)c2)C1.CC1=NC(Cl)=C(c2ccc(C)cn2)C1.CC1=NC(Cl)=C(c2ccc(C)nc2)C1.CC1=NC(Cl)=C(c2ccc(C)nc2)C1.CC1=NC(Cl)=C(c2ccc(N(C)C)nc2)C1.CC1=NC(Cl)=C(c2cnc(C)cc2C)C1.CCc1ccc(C2=C(Cl)N=C(C)C2)cn1. The van der Waals surface area contributed by atoms with Gasteiger partial charge in [0, 0.05) is 274 Å². The molecule has 9 aromatic rings. The molecule has 18 heterocycles. The predicted molar refractivity (Wildman–Crippen MR) is 559 cm³/mol. The Kier molecular flexibility index (Phi) is 37.2. The molecular weight excluding hydrogens is 1780 g/mol. The average Bonchev–Trinajstić information content (AvgIpc) is 1.54.